The molecule has 0 aliphatic rings. The molecule has 2 N–H and O–H groups in total. The monoisotopic (exact) mass is 194 g/mol. The van der Waals surface area contributed by atoms with Crippen molar-refractivity contribution in [2.75, 3.05) is 0 Å². The van der Waals surface area contributed by atoms with Crippen molar-refractivity contribution < 1.29 is 10.2 Å². The van der Waals surface area contributed by atoms with Crippen molar-refractivity contribution in [1.82, 2.24) is 0 Å². The maximum Gasteiger partial charge on any atom is 0.154 e. The van der Waals surface area contributed by atoms with E-state index in [2.05, 4.69) is 6.92 Å². The molecule has 14 heavy (non-hydrogen) atoms. The summed E-state index contributed by atoms with van der Waals surface area (Å²) in [6.07, 6.45) is 1.38. The fourth-order valence-corrected chi connectivity index (χ4v) is 1.64. The quantitative estimate of drug-likeness (QED) is 0.703. The van der Waals surface area contributed by atoms with Crippen molar-refractivity contribution in [2.24, 2.45) is 5.92 Å². The summed E-state index contributed by atoms with van der Waals surface area (Å²) in [6.45, 7) is 2.06. The number of benzene rings is 1. The van der Waals surface area contributed by atoms with Crippen LogP contribution in [-0.2, 0) is 6.42 Å². The number of rotatable bonds is 5. The zero-order valence-corrected chi connectivity index (χ0v) is 8.56. The Balaban J connectivity index is 2.55. The van der Waals surface area contributed by atoms with Gasteiger partial charge in [-0.05, 0) is 18.4 Å². The van der Waals surface area contributed by atoms with Gasteiger partial charge in [0.2, 0.25) is 0 Å². The van der Waals surface area contributed by atoms with Crippen LogP contribution in [0.4, 0.5) is 0 Å². The normalized spacial score (nSPS) is 13.1. The minimum atomic E-state index is -1.20. The Morgan fingerprint density at radius 1 is 1.14 bits per heavy atom. The van der Waals surface area contributed by atoms with Crippen molar-refractivity contribution in [3.8, 4) is 0 Å². The summed E-state index contributed by atoms with van der Waals surface area (Å²) < 4.78 is 0. The van der Waals surface area contributed by atoms with Crippen molar-refractivity contribution in [2.45, 2.75) is 32.5 Å². The van der Waals surface area contributed by atoms with Gasteiger partial charge in [-0.25, -0.2) is 0 Å². The lowest BCUT2D eigenvalue weighted by molar-refractivity contribution is -0.0857. The second-order valence-electron chi connectivity index (χ2n) is 3.65. The van der Waals surface area contributed by atoms with Crippen LogP contribution in [0.3, 0.4) is 0 Å². The maximum atomic E-state index is 9.16. The van der Waals surface area contributed by atoms with Crippen LogP contribution in [0.2, 0.25) is 0 Å². The Morgan fingerprint density at radius 2 is 1.79 bits per heavy atom. The molecule has 0 amide bonds. The van der Waals surface area contributed by atoms with E-state index < -0.39 is 6.29 Å². The standard InChI is InChI=1S/C12H18O2/c1-2-6-11(12(13)14)9-10-7-4-3-5-8-10/h3-5,7-8,11-14H,2,6,9H2,1H3. The average molecular weight is 194 g/mol. The second-order valence-corrected chi connectivity index (χ2v) is 3.65. The molecular weight excluding hydrogens is 176 g/mol. The van der Waals surface area contributed by atoms with Crippen molar-refractivity contribution in [3.05, 3.63) is 35.9 Å². The largest absolute Gasteiger partial charge is 0.368 e. The predicted molar refractivity (Wildman–Crippen MR) is 56.8 cm³/mol. The summed E-state index contributed by atoms with van der Waals surface area (Å²) in [4.78, 5) is 0. The van der Waals surface area contributed by atoms with E-state index in [0.29, 0.717) is 0 Å². The maximum absolute atomic E-state index is 9.16. The van der Waals surface area contributed by atoms with Crippen LogP contribution >= 0.6 is 0 Å². The summed E-state index contributed by atoms with van der Waals surface area (Å²) in [5, 5.41) is 18.3. The van der Waals surface area contributed by atoms with Crippen LogP contribution in [0.15, 0.2) is 30.3 Å². The smallest absolute Gasteiger partial charge is 0.154 e. The molecule has 2 heteroatoms. The molecule has 78 valence electrons. The number of hydrogen-bond acceptors (Lipinski definition) is 2. The minimum absolute atomic E-state index is 0.0394. The SMILES string of the molecule is CCCC(Cc1ccccc1)C(O)O. The Morgan fingerprint density at radius 3 is 2.29 bits per heavy atom. The van der Waals surface area contributed by atoms with E-state index in [1.165, 1.54) is 5.56 Å². The highest BCUT2D eigenvalue weighted by molar-refractivity contribution is 5.15. The Hall–Kier alpha value is -0.860. The van der Waals surface area contributed by atoms with Gasteiger partial charge in [-0.2, -0.15) is 0 Å². The molecule has 0 aliphatic carbocycles. The molecule has 0 radical (unpaired) electrons. The lowest BCUT2D eigenvalue weighted by Crippen LogP contribution is -2.21. The molecule has 0 bridgehead atoms. The summed E-state index contributed by atoms with van der Waals surface area (Å²) in [5.74, 6) is -0.0394. The molecule has 1 atom stereocenters. The molecule has 1 aromatic carbocycles. The summed E-state index contributed by atoms with van der Waals surface area (Å²) >= 11 is 0. The van der Waals surface area contributed by atoms with Gasteiger partial charge in [0.1, 0.15) is 0 Å². The highest BCUT2D eigenvalue weighted by Crippen LogP contribution is 2.16. The van der Waals surface area contributed by atoms with Crippen LogP contribution in [0, 0.1) is 5.92 Å². The molecule has 1 rings (SSSR count). The number of aliphatic hydroxyl groups excluding tert-OH is 1. The highest BCUT2D eigenvalue weighted by atomic mass is 16.5. The van der Waals surface area contributed by atoms with Gasteiger partial charge in [0, 0.05) is 5.92 Å². The molecule has 2 nitrogen and oxygen atoms in total. The van der Waals surface area contributed by atoms with Gasteiger partial charge in [0.25, 0.3) is 0 Å². The van der Waals surface area contributed by atoms with Gasteiger partial charge >= 0.3 is 0 Å². The first-order chi connectivity index (χ1) is 6.74. The molecule has 1 aromatic rings. The molecule has 1 unspecified atom stereocenters. The number of hydrogen-bond donors (Lipinski definition) is 2. The second kappa shape index (κ2) is 5.78. The van der Waals surface area contributed by atoms with Gasteiger partial charge in [0.05, 0.1) is 0 Å². The van der Waals surface area contributed by atoms with E-state index in [1.807, 2.05) is 30.3 Å². The fourth-order valence-electron chi connectivity index (χ4n) is 1.64. The molecule has 0 aliphatic heterocycles. The molecule has 0 saturated carbocycles. The van der Waals surface area contributed by atoms with Crippen LogP contribution in [0.1, 0.15) is 25.3 Å². The van der Waals surface area contributed by atoms with E-state index >= 15 is 0 Å². The van der Waals surface area contributed by atoms with Crippen molar-refractivity contribution >= 4 is 0 Å². The topological polar surface area (TPSA) is 40.5 Å². The van der Waals surface area contributed by atoms with Crippen LogP contribution in [0.25, 0.3) is 0 Å². The zero-order chi connectivity index (χ0) is 10.4. The van der Waals surface area contributed by atoms with Crippen molar-refractivity contribution in [1.29, 1.82) is 0 Å². The van der Waals surface area contributed by atoms with E-state index in [0.717, 1.165) is 19.3 Å². The lowest BCUT2D eigenvalue weighted by atomic mass is 9.94. The highest BCUT2D eigenvalue weighted by Gasteiger charge is 2.15. The van der Waals surface area contributed by atoms with E-state index in [1.54, 1.807) is 0 Å². The molecule has 0 heterocycles. The summed E-state index contributed by atoms with van der Waals surface area (Å²) in [6, 6.07) is 9.95. The lowest BCUT2D eigenvalue weighted by Gasteiger charge is -2.17. The average Bonchev–Trinajstić information content (AvgIpc) is 2.18. The van der Waals surface area contributed by atoms with Gasteiger partial charge in [-0.3, -0.25) is 0 Å². The van der Waals surface area contributed by atoms with E-state index in [9.17, 15) is 0 Å². The molecule has 0 saturated heterocycles. The van der Waals surface area contributed by atoms with Gasteiger partial charge in [-0.1, -0.05) is 43.7 Å². The Labute approximate surface area is 85.2 Å². The molecule has 0 spiro atoms. The molecule has 0 fully saturated rings. The Bertz CT molecular complexity index is 244. The molecule has 0 aromatic heterocycles. The van der Waals surface area contributed by atoms with Gasteiger partial charge in [0.15, 0.2) is 6.29 Å². The first kappa shape index (κ1) is 11.2. The third kappa shape index (κ3) is 3.48. The first-order valence-electron chi connectivity index (χ1n) is 5.14. The van der Waals surface area contributed by atoms with Crippen molar-refractivity contribution in [3.63, 3.8) is 0 Å². The minimum Gasteiger partial charge on any atom is -0.368 e. The van der Waals surface area contributed by atoms with E-state index in [4.69, 9.17) is 10.2 Å². The summed E-state index contributed by atoms with van der Waals surface area (Å²) in [5.41, 5.74) is 1.17. The summed E-state index contributed by atoms with van der Waals surface area (Å²) in [7, 11) is 0. The third-order valence-electron chi connectivity index (χ3n) is 2.42. The van der Waals surface area contributed by atoms with Crippen LogP contribution < -0.4 is 0 Å². The predicted octanol–water partition coefficient (Wildman–Crippen LogP) is 1.96. The first-order valence-corrected chi connectivity index (χ1v) is 5.14. The van der Waals surface area contributed by atoms with Crippen LogP contribution in [-0.4, -0.2) is 16.5 Å². The zero-order valence-electron chi connectivity index (χ0n) is 8.56. The third-order valence-corrected chi connectivity index (χ3v) is 2.42. The van der Waals surface area contributed by atoms with Gasteiger partial charge < -0.3 is 10.2 Å². The Kier molecular flexibility index (Phi) is 4.63. The van der Waals surface area contributed by atoms with E-state index in [-0.39, 0.29) is 5.92 Å². The molecular formula is C12H18O2. The van der Waals surface area contributed by atoms with Crippen LogP contribution in [0.5, 0.6) is 0 Å². The van der Waals surface area contributed by atoms with Gasteiger partial charge in [-0.15, -0.1) is 0 Å². The fraction of sp³-hybridized carbons (Fsp3) is 0.500. The number of aliphatic hydroxyl groups is 2.